The minimum Gasteiger partial charge on any atom is -0.497 e. The fraction of sp³-hybridized carbons (Fsp3) is 0.286. The predicted octanol–water partition coefficient (Wildman–Crippen LogP) is 5.10. The average Bonchev–Trinajstić information content (AvgIpc) is 2.50. The number of hydrogen-bond acceptors (Lipinski definition) is 3. The van der Waals surface area contributed by atoms with E-state index in [4.69, 9.17) is 15.5 Å². The number of aliphatic imine (C=N–C) groups is 1. The van der Waals surface area contributed by atoms with Crippen LogP contribution in [-0.4, -0.2) is 12.8 Å². The van der Waals surface area contributed by atoms with E-state index in [0.29, 0.717) is 0 Å². The van der Waals surface area contributed by atoms with Gasteiger partial charge in [-0.1, -0.05) is 23.8 Å². The number of benzene rings is 2. The van der Waals surface area contributed by atoms with Crippen molar-refractivity contribution in [2.75, 3.05) is 7.11 Å². The van der Waals surface area contributed by atoms with Gasteiger partial charge in [-0.25, -0.2) is 0 Å². The number of ether oxygens (including phenoxy) is 1. The summed E-state index contributed by atoms with van der Waals surface area (Å²) in [6.45, 7) is 10.3. The fourth-order valence-electron chi connectivity index (χ4n) is 3.17. The molecule has 0 fully saturated rings. The molecule has 0 unspecified atom stereocenters. The number of nitrogens with zero attached hydrogens (tertiary/aromatic N) is 1. The SMILES string of the molecule is COc1cccc(N=C(C)C(=C(C)N)c2c(C)cc(C)cc2C)c1. The van der Waals surface area contributed by atoms with Crippen molar-refractivity contribution >= 4 is 17.0 Å². The van der Waals surface area contributed by atoms with Gasteiger partial charge in [-0.3, -0.25) is 4.99 Å². The van der Waals surface area contributed by atoms with Crippen LogP contribution in [0.5, 0.6) is 5.75 Å². The van der Waals surface area contributed by atoms with Gasteiger partial charge in [0, 0.05) is 23.0 Å². The Morgan fingerprint density at radius 3 is 2.17 bits per heavy atom. The van der Waals surface area contributed by atoms with Crippen molar-refractivity contribution in [3.05, 3.63) is 64.3 Å². The van der Waals surface area contributed by atoms with Gasteiger partial charge in [0.05, 0.1) is 12.8 Å². The molecule has 0 aliphatic carbocycles. The van der Waals surface area contributed by atoms with Crippen molar-refractivity contribution in [3.8, 4) is 5.75 Å². The Bertz CT molecular complexity index is 789. The standard InChI is InChI=1S/C21H26N2O/c1-13-10-14(2)20(15(3)11-13)21(16(4)22)17(5)23-18-8-7-9-19(12-18)24-6/h7-12H,22H2,1-6H3. The molecule has 126 valence electrons. The molecule has 2 N–H and O–H groups in total. The van der Waals surface area contributed by atoms with E-state index >= 15 is 0 Å². The predicted molar refractivity (Wildman–Crippen MR) is 103 cm³/mol. The van der Waals surface area contributed by atoms with E-state index in [1.54, 1.807) is 7.11 Å². The third-order valence-electron chi connectivity index (χ3n) is 4.03. The van der Waals surface area contributed by atoms with Crippen LogP contribution >= 0.6 is 0 Å². The Kier molecular flexibility index (Phi) is 5.45. The average molecular weight is 322 g/mol. The Balaban J connectivity index is 2.57. The van der Waals surface area contributed by atoms with Gasteiger partial charge in [0.2, 0.25) is 0 Å². The molecule has 0 aliphatic heterocycles. The van der Waals surface area contributed by atoms with Crippen molar-refractivity contribution in [1.82, 2.24) is 0 Å². The van der Waals surface area contributed by atoms with Crippen molar-refractivity contribution < 1.29 is 4.74 Å². The summed E-state index contributed by atoms with van der Waals surface area (Å²) in [7, 11) is 1.66. The maximum atomic E-state index is 6.23. The first-order valence-corrected chi connectivity index (χ1v) is 8.07. The second kappa shape index (κ2) is 7.35. The molecular formula is C21H26N2O. The lowest BCUT2D eigenvalue weighted by Gasteiger charge is -2.17. The third-order valence-corrected chi connectivity index (χ3v) is 4.03. The molecule has 0 amide bonds. The third kappa shape index (κ3) is 3.85. The molecular weight excluding hydrogens is 296 g/mol. The number of hydrogen-bond donors (Lipinski definition) is 1. The maximum Gasteiger partial charge on any atom is 0.121 e. The fourth-order valence-corrected chi connectivity index (χ4v) is 3.17. The molecule has 0 saturated carbocycles. The number of allylic oxidation sites excluding steroid dienone is 2. The zero-order valence-corrected chi connectivity index (χ0v) is 15.4. The Labute approximate surface area is 144 Å². The number of rotatable bonds is 4. The lowest BCUT2D eigenvalue weighted by atomic mass is 9.90. The molecule has 3 nitrogen and oxygen atoms in total. The van der Waals surface area contributed by atoms with Gasteiger partial charge in [0.15, 0.2) is 0 Å². The molecule has 24 heavy (non-hydrogen) atoms. The van der Waals surface area contributed by atoms with E-state index in [0.717, 1.165) is 28.4 Å². The van der Waals surface area contributed by atoms with E-state index in [1.165, 1.54) is 22.3 Å². The monoisotopic (exact) mass is 322 g/mol. The van der Waals surface area contributed by atoms with Crippen LogP contribution in [-0.2, 0) is 0 Å². The van der Waals surface area contributed by atoms with Crippen molar-refractivity contribution in [2.45, 2.75) is 34.6 Å². The molecule has 2 aromatic rings. The highest BCUT2D eigenvalue weighted by atomic mass is 16.5. The summed E-state index contributed by atoms with van der Waals surface area (Å²) in [5.41, 5.74) is 14.6. The second-order valence-corrected chi connectivity index (χ2v) is 6.23. The van der Waals surface area contributed by atoms with Crippen LogP contribution < -0.4 is 10.5 Å². The zero-order chi connectivity index (χ0) is 17.9. The summed E-state index contributed by atoms with van der Waals surface area (Å²) in [5.74, 6) is 0.793. The highest BCUT2D eigenvalue weighted by molar-refractivity contribution is 6.24. The quantitative estimate of drug-likeness (QED) is 0.796. The van der Waals surface area contributed by atoms with Gasteiger partial charge in [-0.15, -0.1) is 0 Å². The summed E-state index contributed by atoms with van der Waals surface area (Å²) in [5, 5.41) is 0. The van der Waals surface area contributed by atoms with Crippen LogP contribution in [0.4, 0.5) is 5.69 Å². The smallest absolute Gasteiger partial charge is 0.121 e. The molecule has 3 heteroatoms. The topological polar surface area (TPSA) is 47.6 Å². The number of methoxy groups -OCH3 is 1. The second-order valence-electron chi connectivity index (χ2n) is 6.23. The Morgan fingerprint density at radius 1 is 1.00 bits per heavy atom. The zero-order valence-electron chi connectivity index (χ0n) is 15.4. The molecule has 0 atom stereocenters. The maximum absolute atomic E-state index is 6.23. The molecule has 0 saturated heterocycles. The molecule has 2 rings (SSSR count). The van der Waals surface area contributed by atoms with E-state index in [-0.39, 0.29) is 0 Å². The van der Waals surface area contributed by atoms with Crippen LogP contribution in [0.2, 0.25) is 0 Å². The minimum absolute atomic E-state index is 0.772. The summed E-state index contributed by atoms with van der Waals surface area (Å²) < 4.78 is 5.27. The van der Waals surface area contributed by atoms with Gasteiger partial charge in [0.1, 0.15) is 5.75 Å². The van der Waals surface area contributed by atoms with E-state index in [1.807, 2.05) is 38.1 Å². The summed E-state index contributed by atoms with van der Waals surface area (Å²) in [4.78, 5) is 4.77. The van der Waals surface area contributed by atoms with Gasteiger partial charge in [-0.05, 0) is 63.4 Å². The molecule has 0 bridgehead atoms. The number of aryl methyl sites for hydroxylation is 3. The van der Waals surface area contributed by atoms with E-state index in [9.17, 15) is 0 Å². The lowest BCUT2D eigenvalue weighted by Crippen LogP contribution is -2.08. The van der Waals surface area contributed by atoms with Gasteiger partial charge < -0.3 is 10.5 Å². The largest absolute Gasteiger partial charge is 0.497 e. The molecule has 0 heterocycles. The molecule has 0 aromatic heterocycles. The molecule has 0 spiro atoms. The van der Waals surface area contributed by atoms with Crippen LogP contribution in [0.15, 0.2) is 47.1 Å². The van der Waals surface area contributed by atoms with Crippen molar-refractivity contribution in [1.29, 1.82) is 0 Å². The Morgan fingerprint density at radius 2 is 1.62 bits per heavy atom. The van der Waals surface area contributed by atoms with Gasteiger partial charge in [0.25, 0.3) is 0 Å². The van der Waals surface area contributed by atoms with Crippen LogP contribution in [0.1, 0.15) is 36.1 Å². The molecule has 2 aromatic carbocycles. The summed E-state index contributed by atoms with van der Waals surface area (Å²) >= 11 is 0. The first-order valence-electron chi connectivity index (χ1n) is 8.07. The number of nitrogens with two attached hydrogens (primary N) is 1. The van der Waals surface area contributed by atoms with E-state index in [2.05, 4.69) is 32.9 Å². The normalized spacial score (nSPS) is 12.8. The van der Waals surface area contributed by atoms with Gasteiger partial charge in [-0.2, -0.15) is 0 Å². The highest BCUT2D eigenvalue weighted by Gasteiger charge is 2.14. The van der Waals surface area contributed by atoms with Gasteiger partial charge >= 0.3 is 0 Å². The Hall–Kier alpha value is -2.55. The van der Waals surface area contributed by atoms with Crippen molar-refractivity contribution in [3.63, 3.8) is 0 Å². The van der Waals surface area contributed by atoms with Crippen molar-refractivity contribution in [2.24, 2.45) is 10.7 Å². The lowest BCUT2D eigenvalue weighted by molar-refractivity contribution is 0.415. The summed E-state index contributed by atoms with van der Waals surface area (Å²) in [6.07, 6.45) is 0. The molecule has 0 radical (unpaired) electrons. The van der Waals surface area contributed by atoms with E-state index < -0.39 is 0 Å². The molecule has 0 aliphatic rings. The first kappa shape index (κ1) is 17.8. The van der Waals surface area contributed by atoms with Crippen LogP contribution in [0.3, 0.4) is 0 Å². The van der Waals surface area contributed by atoms with Crippen LogP contribution in [0, 0.1) is 20.8 Å². The van der Waals surface area contributed by atoms with Crippen LogP contribution in [0.25, 0.3) is 5.57 Å². The first-order chi connectivity index (χ1) is 11.3. The highest BCUT2D eigenvalue weighted by Crippen LogP contribution is 2.29. The summed E-state index contributed by atoms with van der Waals surface area (Å²) in [6, 6.07) is 12.1. The minimum atomic E-state index is 0.772.